The standard InChI is InChI=1S/C31H22Br2N2O3/c32-25-14-9-22(10-15-25)20-28(35-30(37)24-6-2-1-3-7-24)31(38)34-27-16-12-23(13-17-27)29(36)18-11-21-5-4-8-26(33)19-21/h1-20H,(H,34,38)(H,35,37)/b18-11+,28-20-. The maximum absolute atomic E-state index is 13.2. The maximum atomic E-state index is 13.2. The number of ketones is 1. The molecule has 0 aliphatic rings. The van der Waals surface area contributed by atoms with Crippen LogP contribution in [-0.4, -0.2) is 17.6 Å². The summed E-state index contributed by atoms with van der Waals surface area (Å²) in [5, 5.41) is 5.51. The molecule has 4 rings (SSSR count). The zero-order valence-electron chi connectivity index (χ0n) is 20.0. The maximum Gasteiger partial charge on any atom is 0.272 e. The molecule has 0 aliphatic carbocycles. The SMILES string of the molecule is O=C(Nc1ccc(C(=O)/C=C/c2cccc(Br)c2)cc1)/C(=C/c1ccc(Br)cc1)NC(=O)c1ccccc1. The van der Waals surface area contributed by atoms with Crippen molar-refractivity contribution in [2.75, 3.05) is 5.32 Å². The number of rotatable bonds is 8. The Hall–Kier alpha value is -4.07. The Balaban J connectivity index is 1.49. The molecule has 0 aliphatic heterocycles. The predicted octanol–water partition coefficient (Wildman–Crippen LogP) is 7.52. The molecule has 0 saturated carbocycles. The van der Waals surface area contributed by atoms with Gasteiger partial charge in [-0.25, -0.2) is 0 Å². The van der Waals surface area contributed by atoms with Crippen LogP contribution in [0.25, 0.3) is 12.2 Å². The Morgan fingerprint density at radius 1 is 0.658 bits per heavy atom. The van der Waals surface area contributed by atoms with E-state index in [4.69, 9.17) is 0 Å². The Morgan fingerprint density at radius 2 is 1.37 bits per heavy atom. The van der Waals surface area contributed by atoms with Crippen LogP contribution in [0.5, 0.6) is 0 Å². The summed E-state index contributed by atoms with van der Waals surface area (Å²) in [5.41, 5.74) is 3.12. The molecule has 0 heterocycles. The number of hydrogen-bond donors (Lipinski definition) is 2. The fourth-order valence-electron chi connectivity index (χ4n) is 3.46. The summed E-state index contributed by atoms with van der Waals surface area (Å²) in [7, 11) is 0. The van der Waals surface area contributed by atoms with E-state index in [1.807, 2.05) is 54.6 Å². The number of carbonyl (C=O) groups excluding carboxylic acids is 3. The zero-order chi connectivity index (χ0) is 26.9. The molecule has 0 atom stereocenters. The number of carbonyl (C=O) groups is 3. The molecule has 7 heteroatoms. The molecule has 2 N–H and O–H groups in total. The van der Waals surface area contributed by atoms with Gasteiger partial charge < -0.3 is 10.6 Å². The highest BCUT2D eigenvalue weighted by Crippen LogP contribution is 2.17. The zero-order valence-corrected chi connectivity index (χ0v) is 23.2. The van der Waals surface area contributed by atoms with E-state index in [1.165, 1.54) is 6.08 Å². The molecule has 0 radical (unpaired) electrons. The topological polar surface area (TPSA) is 75.3 Å². The number of hydrogen-bond acceptors (Lipinski definition) is 3. The minimum Gasteiger partial charge on any atom is -0.321 e. The minimum absolute atomic E-state index is 0.0817. The number of anilines is 1. The van der Waals surface area contributed by atoms with Crippen LogP contribution in [-0.2, 0) is 4.79 Å². The van der Waals surface area contributed by atoms with Gasteiger partial charge in [0.05, 0.1) is 0 Å². The Labute approximate surface area is 237 Å². The lowest BCUT2D eigenvalue weighted by Crippen LogP contribution is -2.30. The third-order valence-electron chi connectivity index (χ3n) is 5.41. The minimum atomic E-state index is -0.495. The monoisotopic (exact) mass is 628 g/mol. The van der Waals surface area contributed by atoms with E-state index in [0.29, 0.717) is 16.8 Å². The summed E-state index contributed by atoms with van der Waals surface area (Å²) < 4.78 is 1.83. The summed E-state index contributed by atoms with van der Waals surface area (Å²) in [6.45, 7) is 0. The third kappa shape index (κ3) is 7.71. The normalized spacial score (nSPS) is 11.3. The van der Waals surface area contributed by atoms with Crippen molar-refractivity contribution in [3.63, 3.8) is 0 Å². The molecular formula is C31H22Br2N2O3. The molecule has 0 unspecified atom stereocenters. The van der Waals surface area contributed by atoms with Crippen molar-refractivity contribution in [3.8, 4) is 0 Å². The molecule has 2 amide bonds. The second-order valence-electron chi connectivity index (χ2n) is 8.21. The van der Waals surface area contributed by atoms with Gasteiger partial charge in [0.15, 0.2) is 5.78 Å². The first-order chi connectivity index (χ1) is 18.4. The number of amides is 2. The summed E-state index contributed by atoms with van der Waals surface area (Å²) in [6.07, 6.45) is 4.86. The molecule has 0 bridgehead atoms. The fourth-order valence-corrected chi connectivity index (χ4v) is 4.14. The quantitative estimate of drug-likeness (QED) is 0.156. The molecule has 5 nitrogen and oxygen atoms in total. The average Bonchev–Trinajstić information content (AvgIpc) is 2.93. The number of halogens is 2. The molecule has 38 heavy (non-hydrogen) atoms. The van der Waals surface area contributed by atoms with Gasteiger partial charge >= 0.3 is 0 Å². The number of allylic oxidation sites excluding steroid dienone is 1. The molecule has 188 valence electrons. The number of nitrogens with one attached hydrogen (secondary N) is 2. The van der Waals surface area contributed by atoms with Crippen molar-refractivity contribution in [3.05, 3.63) is 146 Å². The van der Waals surface area contributed by atoms with Crippen LogP contribution in [0.3, 0.4) is 0 Å². The molecule has 0 aromatic heterocycles. The van der Waals surface area contributed by atoms with Gasteiger partial charge in [0.2, 0.25) is 0 Å². The van der Waals surface area contributed by atoms with E-state index in [9.17, 15) is 14.4 Å². The average molecular weight is 630 g/mol. The van der Waals surface area contributed by atoms with Gasteiger partial charge in [-0.3, -0.25) is 14.4 Å². The third-order valence-corrected chi connectivity index (χ3v) is 6.43. The van der Waals surface area contributed by atoms with Gasteiger partial charge in [0, 0.05) is 25.8 Å². The lowest BCUT2D eigenvalue weighted by atomic mass is 10.1. The van der Waals surface area contributed by atoms with E-state index in [-0.39, 0.29) is 11.5 Å². The second kappa shape index (κ2) is 12.9. The van der Waals surface area contributed by atoms with Crippen LogP contribution in [0.4, 0.5) is 5.69 Å². The van der Waals surface area contributed by atoms with Gasteiger partial charge in [-0.1, -0.05) is 80.4 Å². The van der Waals surface area contributed by atoms with Crippen LogP contribution in [0.15, 0.2) is 124 Å². The summed E-state index contributed by atoms with van der Waals surface area (Å²) in [5.74, 6) is -1.05. The predicted molar refractivity (Wildman–Crippen MR) is 159 cm³/mol. The van der Waals surface area contributed by atoms with Crippen molar-refractivity contribution in [1.82, 2.24) is 5.32 Å². The highest BCUT2D eigenvalue weighted by Gasteiger charge is 2.15. The van der Waals surface area contributed by atoms with E-state index in [2.05, 4.69) is 42.5 Å². The smallest absolute Gasteiger partial charge is 0.272 e. The van der Waals surface area contributed by atoms with Crippen LogP contribution in [0, 0.1) is 0 Å². The lowest BCUT2D eigenvalue weighted by Gasteiger charge is -2.12. The first-order valence-corrected chi connectivity index (χ1v) is 13.2. The largest absolute Gasteiger partial charge is 0.321 e. The lowest BCUT2D eigenvalue weighted by molar-refractivity contribution is -0.113. The Morgan fingerprint density at radius 3 is 2.05 bits per heavy atom. The van der Waals surface area contributed by atoms with Crippen molar-refractivity contribution >= 4 is 67.3 Å². The van der Waals surface area contributed by atoms with Crippen molar-refractivity contribution in [2.45, 2.75) is 0 Å². The van der Waals surface area contributed by atoms with Crippen molar-refractivity contribution < 1.29 is 14.4 Å². The molecule has 0 saturated heterocycles. The van der Waals surface area contributed by atoms with Crippen LogP contribution < -0.4 is 10.6 Å². The highest BCUT2D eigenvalue weighted by molar-refractivity contribution is 9.10. The molecule has 0 spiro atoms. The fraction of sp³-hybridized carbons (Fsp3) is 0. The van der Waals surface area contributed by atoms with E-state index in [0.717, 1.165) is 20.1 Å². The van der Waals surface area contributed by atoms with E-state index >= 15 is 0 Å². The van der Waals surface area contributed by atoms with Crippen molar-refractivity contribution in [1.29, 1.82) is 0 Å². The highest BCUT2D eigenvalue weighted by atomic mass is 79.9. The number of benzene rings is 4. The Bertz CT molecular complexity index is 1510. The van der Waals surface area contributed by atoms with Crippen molar-refractivity contribution in [2.24, 2.45) is 0 Å². The molecule has 0 fully saturated rings. The van der Waals surface area contributed by atoms with Crippen LogP contribution >= 0.6 is 31.9 Å². The first kappa shape index (κ1) is 27.0. The van der Waals surface area contributed by atoms with Gasteiger partial charge in [-0.05, 0) is 83.9 Å². The van der Waals surface area contributed by atoms with Gasteiger partial charge in [0.25, 0.3) is 11.8 Å². The van der Waals surface area contributed by atoms with Gasteiger partial charge in [0.1, 0.15) is 5.70 Å². The summed E-state index contributed by atoms with van der Waals surface area (Å²) >= 11 is 6.81. The second-order valence-corrected chi connectivity index (χ2v) is 10.0. The molecular weight excluding hydrogens is 608 g/mol. The molecule has 4 aromatic carbocycles. The van der Waals surface area contributed by atoms with E-state index < -0.39 is 11.8 Å². The summed E-state index contributed by atoms with van der Waals surface area (Å²) in [4.78, 5) is 38.5. The first-order valence-electron chi connectivity index (χ1n) is 11.6. The van der Waals surface area contributed by atoms with Crippen LogP contribution in [0.1, 0.15) is 31.8 Å². The Kier molecular flexibility index (Phi) is 9.19. The van der Waals surface area contributed by atoms with E-state index in [1.54, 1.807) is 60.7 Å². The molecule has 4 aromatic rings. The van der Waals surface area contributed by atoms with Crippen LogP contribution in [0.2, 0.25) is 0 Å². The van der Waals surface area contributed by atoms with Gasteiger partial charge in [-0.2, -0.15) is 0 Å². The van der Waals surface area contributed by atoms with Gasteiger partial charge in [-0.15, -0.1) is 0 Å². The summed E-state index contributed by atoms with van der Waals surface area (Å²) in [6, 6.07) is 30.2.